The number of carbonyl (C=O) groups excluding carboxylic acids is 2. The molecule has 0 aromatic heterocycles. The van der Waals surface area contributed by atoms with E-state index < -0.39 is 11.9 Å². The lowest BCUT2D eigenvalue weighted by atomic mass is 10.0. The first kappa shape index (κ1) is 15.7. The largest absolute Gasteiger partial charge is 0.458 e. The minimum absolute atomic E-state index is 0.168. The number of hydrogen-bond acceptors (Lipinski definition) is 4. The fourth-order valence-electron chi connectivity index (χ4n) is 1.64. The highest BCUT2D eigenvalue weighted by molar-refractivity contribution is 5.81. The second kappa shape index (κ2) is 7.94. The van der Waals surface area contributed by atoms with E-state index in [1.165, 1.54) is 0 Å². The zero-order valence-corrected chi connectivity index (χ0v) is 11.6. The number of hydrogen-bond donors (Lipinski definition) is 0. The SMILES string of the molecule is C=CC(=O)OCc1cc(CC)cc(COC(=O)C=C)c1. The molecule has 0 saturated carbocycles. The topological polar surface area (TPSA) is 52.6 Å². The van der Waals surface area contributed by atoms with Crippen LogP contribution in [0.15, 0.2) is 43.5 Å². The van der Waals surface area contributed by atoms with Crippen LogP contribution >= 0.6 is 0 Å². The molecular weight excluding hydrogens is 256 g/mol. The van der Waals surface area contributed by atoms with Gasteiger partial charge >= 0.3 is 11.9 Å². The number of rotatable bonds is 7. The van der Waals surface area contributed by atoms with Gasteiger partial charge in [-0.3, -0.25) is 0 Å². The van der Waals surface area contributed by atoms with Crippen molar-refractivity contribution in [2.75, 3.05) is 0 Å². The van der Waals surface area contributed by atoms with Gasteiger partial charge in [-0.25, -0.2) is 9.59 Å². The monoisotopic (exact) mass is 274 g/mol. The first-order chi connectivity index (χ1) is 9.58. The smallest absolute Gasteiger partial charge is 0.330 e. The third-order valence-electron chi connectivity index (χ3n) is 2.62. The molecule has 4 heteroatoms. The molecule has 0 amide bonds. The zero-order valence-electron chi connectivity index (χ0n) is 11.6. The number of benzene rings is 1. The predicted octanol–water partition coefficient (Wildman–Crippen LogP) is 2.71. The zero-order chi connectivity index (χ0) is 15.0. The molecule has 0 radical (unpaired) electrons. The van der Waals surface area contributed by atoms with Crippen LogP contribution in [0.25, 0.3) is 0 Å². The van der Waals surface area contributed by atoms with Crippen molar-refractivity contribution in [1.82, 2.24) is 0 Å². The third-order valence-corrected chi connectivity index (χ3v) is 2.62. The Morgan fingerprint density at radius 1 is 0.950 bits per heavy atom. The Balaban J connectivity index is 2.79. The molecule has 1 aromatic carbocycles. The number of aryl methyl sites for hydroxylation is 1. The standard InChI is InChI=1S/C16H18O4/c1-4-12-7-13(10-19-15(17)5-2)9-14(8-12)11-20-16(18)6-3/h5-9H,2-4,10-11H2,1H3. The molecule has 0 unspecified atom stereocenters. The average molecular weight is 274 g/mol. The molecule has 0 bridgehead atoms. The molecule has 0 N–H and O–H groups in total. The van der Waals surface area contributed by atoms with E-state index in [0.29, 0.717) is 0 Å². The molecule has 0 aliphatic heterocycles. The minimum Gasteiger partial charge on any atom is -0.458 e. The molecule has 0 aliphatic rings. The fourth-order valence-corrected chi connectivity index (χ4v) is 1.64. The summed E-state index contributed by atoms with van der Waals surface area (Å²) in [5.74, 6) is -0.932. The quantitative estimate of drug-likeness (QED) is 0.566. The van der Waals surface area contributed by atoms with E-state index in [-0.39, 0.29) is 13.2 Å². The molecule has 0 aliphatic carbocycles. The van der Waals surface area contributed by atoms with Crippen molar-refractivity contribution in [3.8, 4) is 0 Å². The van der Waals surface area contributed by atoms with Crippen LogP contribution in [0.4, 0.5) is 0 Å². The van der Waals surface area contributed by atoms with Crippen molar-refractivity contribution in [2.45, 2.75) is 26.6 Å². The van der Waals surface area contributed by atoms with Gasteiger partial charge in [-0.1, -0.05) is 32.2 Å². The van der Waals surface area contributed by atoms with Crippen LogP contribution in [0.5, 0.6) is 0 Å². The van der Waals surface area contributed by atoms with Gasteiger partial charge in [0.25, 0.3) is 0 Å². The molecule has 20 heavy (non-hydrogen) atoms. The summed E-state index contributed by atoms with van der Waals surface area (Å²) in [5, 5.41) is 0. The number of carbonyl (C=O) groups is 2. The van der Waals surface area contributed by atoms with Gasteiger partial charge in [-0.2, -0.15) is 0 Å². The van der Waals surface area contributed by atoms with E-state index in [0.717, 1.165) is 35.3 Å². The Labute approximate surface area is 118 Å². The van der Waals surface area contributed by atoms with Gasteiger partial charge in [-0.15, -0.1) is 0 Å². The number of ether oxygens (including phenoxy) is 2. The summed E-state index contributed by atoms with van der Waals surface area (Å²) in [4.78, 5) is 22.1. The van der Waals surface area contributed by atoms with Gasteiger partial charge in [0.05, 0.1) is 0 Å². The summed E-state index contributed by atoms with van der Waals surface area (Å²) in [7, 11) is 0. The van der Waals surface area contributed by atoms with Crippen LogP contribution in [-0.4, -0.2) is 11.9 Å². The Kier molecular flexibility index (Phi) is 6.23. The van der Waals surface area contributed by atoms with Crippen LogP contribution in [0.2, 0.25) is 0 Å². The molecule has 0 spiro atoms. The Morgan fingerprint density at radius 3 is 1.70 bits per heavy atom. The highest BCUT2D eigenvalue weighted by Gasteiger charge is 2.05. The lowest BCUT2D eigenvalue weighted by molar-refractivity contribution is -0.139. The molecule has 0 heterocycles. The minimum atomic E-state index is -0.466. The molecule has 4 nitrogen and oxygen atoms in total. The maximum Gasteiger partial charge on any atom is 0.330 e. The van der Waals surface area contributed by atoms with Gasteiger partial charge < -0.3 is 9.47 Å². The molecular formula is C16H18O4. The van der Waals surface area contributed by atoms with E-state index in [1.54, 1.807) is 0 Å². The van der Waals surface area contributed by atoms with Gasteiger partial charge in [0.15, 0.2) is 0 Å². The van der Waals surface area contributed by atoms with Gasteiger partial charge in [0, 0.05) is 12.2 Å². The van der Waals surface area contributed by atoms with Crippen molar-refractivity contribution < 1.29 is 19.1 Å². The van der Waals surface area contributed by atoms with Crippen LogP contribution in [0.1, 0.15) is 23.6 Å². The van der Waals surface area contributed by atoms with Gasteiger partial charge in [0.1, 0.15) is 13.2 Å². The Morgan fingerprint density at radius 2 is 1.35 bits per heavy atom. The van der Waals surface area contributed by atoms with Crippen LogP contribution < -0.4 is 0 Å². The van der Waals surface area contributed by atoms with Gasteiger partial charge in [-0.05, 0) is 29.2 Å². The summed E-state index contributed by atoms with van der Waals surface area (Å²) in [5.41, 5.74) is 2.79. The molecule has 1 aromatic rings. The lowest BCUT2D eigenvalue weighted by Gasteiger charge is -2.09. The first-order valence-electron chi connectivity index (χ1n) is 6.29. The van der Waals surface area contributed by atoms with E-state index in [1.807, 2.05) is 25.1 Å². The molecule has 0 fully saturated rings. The van der Waals surface area contributed by atoms with Crippen molar-refractivity contribution >= 4 is 11.9 Å². The third kappa shape index (κ3) is 5.10. The maximum atomic E-state index is 11.1. The van der Waals surface area contributed by atoms with Crippen molar-refractivity contribution in [3.63, 3.8) is 0 Å². The maximum absolute atomic E-state index is 11.1. The Hall–Kier alpha value is -2.36. The fraction of sp³-hybridized carbons (Fsp3) is 0.250. The second-order valence-electron chi connectivity index (χ2n) is 4.13. The van der Waals surface area contributed by atoms with Crippen molar-refractivity contribution in [3.05, 3.63) is 60.2 Å². The van der Waals surface area contributed by atoms with E-state index in [2.05, 4.69) is 13.2 Å². The van der Waals surface area contributed by atoms with Crippen LogP contribution in [-0.2, 0) is 38.7 Å². The van der Waals surface area contributed by atoms with Crippen molar-refractivity contribution in [1.29, 1.82) is 0 Å². The summed E-state index contributed by atoms with van der Waals surface area (Å²) in [6, 6.07) is 5.75. The summed E-state index contributed by atoms with van der Waals surface area (Å²) in [6.45, 7) is 9.04. The first-order valence-corrected chi connectivity index (χ1v) is 6.29. The molecule has 0 atom stereocenters. The normalized spacial score (nSPS) is 9.65. The summed E-state index contributed by atoms with van der Waals surface area (Å²) in [6.07, 6.45) is 3.08. The molecule has 0 saturated heterocycles. The summed E-state index contributed by atoms with van der Waals surface area (Å²) < 4.78 is 10.00. The predicted molar refractivity (Wildman–Crippen MR) is 75.8 cm³/mol. The van der Waals surface area contributed by atoms with E-state index >= 15 is 0 Å². The van der Waals surface area contributed by atoms with Gasteiger partial charge in [0.2, 0.25) is 0 Å². The highest BCUT2D eigenvalue weighted by Crippen LogP contribution is 2.14. The summed E-state index contributed by atoms with van der Waals surface area (Å²) >= 11 is 0. The molecule has 106 valence electrons. The average Bonchev–Trinajstić information content (AvgIpc) is 2.49. The van der Waals surface area contributed by atoms with Crippen molar-refractivity contribution in [2.24, 2.45) is 0 Å². The van der Waals surface area contributed by atoms with E-state index in [4.69, 9.17) is 9.47 Å². The van der Waals surface area contributed by atoms with Crippen LogP contribution in [0.3, 0.4) is 0 Å². The highest BCUT2D eigenvalue weighted by atomic mass is 16.5. The second-order valence-corrected chi connectivity index (χ2v) is 4.13. The van der Waals surface area contributed by atoms with E-state index in [9.17, 15) is 9.59 Å². The lowest BCUT2D eigenvalue weighted by Crippen LogP contribution is -2.04. The molecule has 1 rings (SSSR count). The van der Waals surface area contributed by atoms with Crippen LogP contribution in [0, 0.1) is 0 Å². The number of esters is 2. The Bertz CT molecular complexity index is 475.